The molecule has 2 N–H and O–H groups in total. The van der Waals surface area contributed by atoms with Gasteiger partial charge in [0.2, 0.25) is 0 Å². The Morgan fingerprint density at radius 2 is 2.25 bits per heavy atom. The second kappa shape index (κ2) is 3.75. The summed E-state index contributed by atoms with van der Waals surface area (Å²) in [4.78, 5) is 0. The summed E-state index contributed by atoms with van der Waals surface area (Å²) in [6.07, 6.45) is 1.78. The van der Waals surface area contributed by atoms with Crippen LogP contribution in [0, 0.1) is 11.8 Å². The van der Waals surface area contributed by atoms with Gasteiger partial charge in [-0.05, 0) is 31.2 Å². The summed E-state index contributed by atoms with van der Waals surface area (Å²) >= 11 is 0. The van der Waals surface area contributed by atoms with E-state index in [0.29, 0.717) is 29.9 Å². The lowest BCUT2D eigenvalue weighted by Crippen LogP contribution is -2.16. The summed E-state index contributed by atoms with van der Waals surface area (Å²) in [7, 11) is -2.70. The third-order valence-corrected chi connectivity index (χ3v) is 4.49. The molecule has 2 atom stereocenters. The Hall–Kier alpha value is -0.0900. The van der Waals surface area contributed by atoms with Gasteiger partial charge in [-0.2, -0.15) is 0 Å². The largest absolute Gasteiger partial charge is 0.330 e. The Balaban J connectivity index is 2.46. The van der Waals surface area contributed by atoms with Gasteiger partial charge in [-0.15, -0.1) is 0 Å². The number of nitrogens with two attached hydrogens (primary N) is 1. The lowest BCUT2D eigenvalue weighted by atomic mass is 9.91. The first-order chi connectivity index (χ1) is 5.55. The van der Waals surface area contributed by atoms with Crippen molar-refractivity contribution in [1.29, 1.82) is 0 Å². The topological polar surface area (TPSA) is 60.2 Å². The second-order valence-electron chi connectivity index (χ2n) is 3.72. The highest BCUT2D eigenvalue weighted by Gasteiger charge is 2.30. The monoisotopic (exact) mass is 191 g/mol. The second-order valence-corrected chi connectivity index (χ2v) is 5.95. The molecule has 1 aliphatic heterocycles. The van der Waals surface area contributed by atoms with Crippen LogP contribution in [0.4, 0.5) is 0 Å². The van der Waals surface area contributed by atoms with Crippen LogP contribution in [-0.2, 0) is 9.84 Å². The van der Waals surface area contributed by atoms with Crippen molar-refractivity contribution in [2.45, 2.75) is 19.8 Å². The maximum Gasteiger partial charge on any atom is 0.150 e. The fourth-order valence-electron chi connectivity index (χ4n) is 1.77. The smallest absolute Gasteiger partial charge is 0.150 e. The average Bonchev–Trinajstić information content (AvgIpc) is 2.31. The molecular weight excluding hydrogens is 174 g/mol. The molecule has 0 spiro atoms. The van der Waals surface area contributed by atoms with E-state index in [2.05, 4.69) is 6.92 Å². The predicted molar refractivity (Wildman–Crippen MR) is 49.6 cm³/mol. The molecule has 0 radical (unpaired) electrons. The first-order valence-electron chi connectivity index (χ1n) is 4.45. The van der Waals surface area contributed by atoms with Gasteiger partial charge in [0.1, 0.15) is 0 Å². The molecule has 4 heteroatoms. The van der Waals surface area contributed by atoms with Gasteiger partial charge in [0.15, 0.2) is 9.84 Å². The van der Waals surface area contributed by atoms with Crippen LogP contribution in [0.3, 0.4) is 0 Å². The first-order valence-corrected chi connectivity index (χ1v) is 6.28. The fraction of sp³-hybridized carbons (Fsp3) is 1.00. The molecule has 1 fully saturated rings. The van der Waals surface area contributed by atoms with Crippen LogP contribution < -0.4 is 5.73 Å². The molecule has 0 aromatic rings. The van der Waals surface area contributed by atoms with Crippen molar-refractivity contribution in [2.24, 2.45) is 17.6 Å². The van der Waals surface area contributed by atoms with Crippen molar-refractivity contribution in [3.05, 3.63) is 0 Å². The highest BCUT2D eigenvalue weighted by atomic mass is 32.2. The summed E-state index contributed by atoms with van der Waals surface area (Å²) in [5, 5.41) is 0. The maximum atomic E-state index is 11.1. The third kappa shape index (κ3) is 2.45. The first kappa shape index (κ1) is 9.99. The van der Waals surface area contributed by atoms with E-state index >= 15 is 0 Å². The molecule has 0 aromatic heterocycles. The van der Waals surface area contributed by atoms with Crippen LogP contribution in [0.1, 0.15) is 19.8 Å². The summed E-state index contributed by atoms with van der Waals surface area (Å²) in [5.41, 5.74) is 5.42. The number of hydrogen-bond acceptors (Lipinski definition) is 3. The van der Waals surface area contributed by atoms with E-state index in [0.717, 1.165) is 12.8 Å². The number of rotatable bonds is 3. The zero-order valence-corrected chi connectivity index (χ0v) is 8.31. The van der Waals surface area contributed by atoms with E-state index in [-0.39, 0.29) is 0 Å². The molecule has 72 valence electrons. The molecule has 1 saturated heterocycles. The van der Waals surface area contributed by atoms with Crippen molar-refractivity contribution in [3.63, 3.8) is 0 Å². The van der Waals surface area contributed by atoms with E-state index < -0.39 is 9.84 Å². The molecule has 0 aromatic carbocycles. The van der Waals surface area contributed by atoms with Gasteiger partial charge in [-0.3, -0.25) is 0 Å². The fourth-order valence-corrected chi connectivity index (χ4v) is 3.75. The molecule has 1 rings (SSSR count). The SMILES string of the molecule is CC(CCN)C1CCS(=O)(=O)C1. The molecule has 1 heterocycles. The zero-order chi connectivity index (χ0) is 9.19. The van der Waals surface area contributed by atoms with Crippen LogP contribution >= 0.6 is 0 Å². The zero-order valence-electron chi connectivity index (χ0n) is 7.49. The molecular formula is C8H17NO2S. The lowest BCUT2D eigenvalue weighted by Gasteiger charge is -2.15. The number of sulfone groups is 1. The van der Waals surface area contributed by atoms with E-state index in [1.165, 1.54) is 0 Å². The van der Waals surface area contributed by atoms with Gasteiger partial charge < -0.3 is 5.73 Å². The van der Waals surface area contributed by atoms with E-state index in [1.54, 1.807) is 0 Å². The van der Waals surface area contributed by atoms with Crippen LogP contribution in [0.15, 0.2) is 0 Å². The summed E-state index contributed by atoms with van der Waals surface area (Å²) in [5.74, 6) is 1.59. The standard InChI is InChI=1S/C8H17NO2S/c1-7(2-4-9)8-3-5-12(10,11)6-8/h7-8H,2-6,9H2,1H3. The van der Waals surface area contributed by atoms with Crippen LogP contribution in [0.2, 0.25) is 0 Å². The Labute approximate surface area is 74.3 Å². The normalized spacial score (nSPS) is 30.3. The summed E-state index contributed by atoms with van der Waals surface area (Å²) < 4.78 is 22.2. The maximum absolute atomic E-state index is 11.1. The molecule has 0 bridgehead atoms. The van der Waals surface area contributed by atoms with Gasteiger partial charge in [0.25, 0.3) is 0 Å². The average molecular weight is 191 g/mol. The van der Waals surface area contributed by atoms with Gasteiger partial charge in [0, 0.05) is 0 Å². The van der Waals surface area contributed by atoms with Gasteiger partial charge in [0.05, 0.1) is 11.5 Å². The Bertz CT molecular complexity index is 235. The number of hydrogen-bond donors (Lipinski definition) is 1. The quantitative estimate of drug-likeness (QED) is 0.702. The highest BCUT2D eigenvalue weighted by Crippen LogP contribution is 2.27. The highest BCUT2D eigenvalue weighted by molar-refractivity contribution is 7.91. The predicted octanol–water partition coefficient (Wildman–Crippen LogP) is 0.406. The minimum absolute atomic E-state index is 0.360. The molecule has 0 aliphatic carbocycles. The van der Waals surface area contributed by atoms with Crippen LogP contribution in [0.25, 0.3) is 0 Å². The minimum atomic E-state index is -2.70. The Kier molecular flexibility index (Phi) is 3.12. The molecule has 0 saturated carbocycles. The summed E-state index contributed by atoms with van der Waals surface area (Å²) in [6, 6.07) is 0. The van der Waals surface area contributed by atoms with Gasteiger partial charge in [-0.1, -0.05) is 6.92 Å². The Morgan fingerprint density at radius 3 is 2.67 bits per heavy atom. The molecule has 2 unspecified atom stereocenters. The minimum Gasteiger partial charge on any atom is -0.330 e. The molecule has 0 amide bonds. The summed E-state index contributed by atoms with van der Waals surface area (Å²) in [6.45, 7) is 2.76. The van der Waals surface area contributed by atoms with E-state index in [9.17, 15) is 8.42 Å². The lowest BCUT2D eigenvalue weighted by molar-refractivity contribution is 0.376. The van der Waals surface area contributed by atoms with Crippen molar-refractivity contribution in [2.75, 3.05) is 18.1 Å². The van der Waals surface area contributed by atoms with Crippen molar-refractivity contribution in [3.8, 4) is 0 Å². The van der Waals surface area contributed by atoms with Crippen LogP contribution in [-0.4, -0.2) is 26.5 Å². The Morgan fingerprint density at radius 1 is 1.58 bits per heavy atom. The van der Waals surface area contributed by atoms with Gasteiger partial charge >= 0.3 is 0 Å². The van der Waals surface area contributed by atoms with Crippen molar-refractivity contribution < 1.29 is 8.42 Å². The molecule has 1 aliphatic rings. The van der Waals surface area contributed by atoms with E-state index in [4.69, 9.17) is 5.73 Å². The van der Waals surface area contributed by atoms with E-state index in [1.807, 2.05) is 0 Å². The molecule has 3 nitrogen and oxygen atoms in total. The molecule has 12 heavy (non-hydrogen) atoms. The van der Waals surface area contributed by atoms with Gasteiger partial charge in [-0.25, -0.2) is 8.42 Å². The van der Waals surface area contributed by atoms with Crippen molar-refractivity contribution >= 4 is 9.84 Å². The van der Waals surface area contributed by atoms with Crippen LogP contribution in [0.5, 0.6) is 0 Å². The van der Waals surface area contributed by atoms with Crippen molar-refractivity contribution in [1.82, 2.24) is 0 Å². The third-order valence-electron chi connectivity index (χ3n) is 2.69.